The molecule has 1 aliphatic rings. The summed E-state index contributed by atoms with van der Waals surface area (Å²) in [5.41, 5.74) is 8.05. The molecule has 0 aromatic heterocycles. The summed E-state index contributed by atoms with van der Waals surface area (Å²) in [4.78, 5) is 25.8. The zero-order valence-electron chi connectivity index (χ0n) is 14.7. The standard InChI is InChI=1S/C21H21NO3S/c1-13(2)25-21(24)17-16(14-9-5-3-6-10-14)19(26-20(17)22)18(23)15-11-7-4-8-12-15/h3-13,16,19H,22H2,1-2H3/t16-,19+/m0/s1. The second kappa shape index (κ2) is 7.79. The molecule has 0 saturated heterocycles. The Morgan fingerprint density at radius 1 is 1.00 bits per heavy atom. The Hall–Kier alpha value is -2.53. The number of thioether (sulfide) groups is 1. The third kappa shape index (κ3) is 3.68. The van der Waals surface area contributed by atoms with Gasteiger partial charge in [-0.1, -0.05) is 72.4 Å². The number of carbonyl (C=O) groups is 2. The van der Waals surface area contributed by atoms with Crippen molar-refractivity contribution in [2.45, 2.75) is 31.1 Å². The number of esters is 1. The highest BCUT2D eigenvalue weighted by atomic mass is 32.2. The van der Waals surface area contributed by atoms with Gasteiger partial charge < -0.3 is 10.5 Å². The topological polar surface area (TPSA) is 69.4 Å². The molecule has 26 heavy (non-hydrogen) atoms. The van der Waals surface area contributed by atoms with Crippen molar-refractivity contribution in [1.82, 2.24) is 0 Å². The second-order valence-electron chi connectivity index (χ2n) is 6.39. The molecule has 2 aromatic carbocycles. The van der Waals surface area contributed by atoms with Crippen molar-refractivity contribution in [3.05, 3.63) is 82.4 Å². The van der Waals surface area contributed by atoms with Crippen LogP contribution in [0.5, 0.6) is 0 Å². The maximum Gasteiger partial charge on any atom is 0.337 e. The van der Waals surface area contributed by atoms with E-state index in [-0.39, 0.29) is 11.9 Å². The first-order chi connectivity index (χ1) is 12.5. The van der Waals surface area contributed by atoms with Crippen molar-refractivity contribution in [1.29, 1.82) is 0 Å². The van der Waals surface area contributed by atoms with Crippen LogP contribution in [-0.2, 0) is 9.53 Å². The minimum Gasteiger partial charge on any atom is -0.460 e. The van der Waals surface area contributed by atoms with Crippen molar-refractivity contribution in [2.75, 3.05) is 0 Å². The van der Waals surface area contributed by atoms with Crippen molar-refractivity contribution in [3.63, 3.8) is 0 Å². The van der Waals surface area contributed by atoms with Crippen LogP contribution in [0.15, 0.2) is 71.3 Å². The van der Waals surface area contributed by atoms with Crippen LogP contribution in [0.2, 0.25) is 0 Å². The highest BCUT2D eigenvalue weighted by Crippen LogP contribution is 2.47. The molecule has 0 unspecified atom stereocenters. The lowest BCUT2D eigenvalue weighted by molar-refractivity contribution is -0.142. The Balaban J connectivity index is 2.01. The molecule has 2 N–H and O–H groups in total. The van der Waals surface area contributed by atoms with Gasteiger partial charge in [-0.3, -0.25) is 4.79 Å². The summed E-state index contributed by atoms with van der Waals surface area (Å²) in [7, 11) is 0. The smallest absolute Gasteiger partial charge is 0.337 e. The lowest BCUT2D eigenvalue weighted by Gasteiger charge is -2.21. The van der Waals surface area contributed by atoms with E-state index in [1.165, 1.54) is 11.8 Å². The summed E-state index contributed by atoms with van der Waals surface area (Å²) in [5, 5.41) is -0.131. The lowest BCUT2D eigenvalue weighted by atomic mass is 9.85. The average molecular weight is 367 g/mol. The number of hydrogen-bond donors (Lipinski definition) is 1. The molecule has 0 amide bonds. The fraction of sp³-hybridized carbons (Fsp3) is 0.238. The predicted molar refractivity (Wildman–Crippen MR) is 104 cm³/mol. The number of carbonyl (C=O) groups excluding carboxylic acids is 2. The van der Waals surface area contributed by atoms with Crippen molar-refractivity contribution >= 4 is 23.5 Å². The summed E-state index contributed by atoms with van der Waals surface area (Å²) in [6.07, 6.45) is -0.256. The first-order valence-corrected chi connectivity index (χ1v) is 9.38. The van der Waals surface area contributed by atoms with Crippen molar-refractivity contribution in [3.8, 4) is 0 Å². The molecule has 0 bridgehead atoms. The van der Waals surface area contributed by atoms with Gasteiger partial charge in [-0.25, -0.2) is 4.79 Å². The summed E-state index contributed by atoms with van der Waals surface area (Å²) < 4.78 is 5.39. The van der Waals surface area contributed by atoms with E-state index in [1.807, 2.05) is 48.5 Å². The summed E-state index contributed by atoms with van der Waals surface area (Å²) >= 11 is 1.24. The monoisotopic (exact) mass is 367 g/mol. The van der Waals surface area contributed by atoms with E-state index in [9.17, 15) is 9.59 Å². The number of nitrogens with two attached hydrogens (primary N) is 1. The van der Waals surface area contributed by atoms with Crippen LogP contribution in [0.4, 0.5) is 0 Å². The fourth-order valence-electron chi connectivity index (χ4n) is 3.05. The molecule has 2 atom stereocenters. The third-order valence-electron chi connectivity index (χ3n) is 4.17. The Labute approximate surface area is 157 Å². The minimum absolute atomic E-state index is 0.0419. The van der Waals surface area contributed by atoms with Crippen LogP contribution in [0.3, 0.4) is 0 Å². The van der Waals surface area contributed by atoms with E-state index >= 15 is 0 Å². The quantitative estimate of drug-likeness (QED) is 0.641. The van der Waals surface area contributed by atoms with E-state index in [2.05, 4.69) is 0 Å². The van der Waals surface area contributed by atoms with Crippen LogP contribution in [0, 0.1) is 0 Å². The Morgan fingerprint density at radius 2 is 1.58 bits per heavy atom. The Kier molecular flexibility index (Phi) is 5.47. The van der Waals surface area contributed by atoms with Gasteiger partial charge >= 0.3 is 5.97 Å². The molecule has 0 aliphatic carbocycles. The van der Waals surface area contributed by atoms with Gasteiger partial charge in [-0.2, -0.15) is 0 Å². The molecule has 134 valence electrons. The Morgan fingerprint density at radius 3 is 2.15 bits per heavy atom. The number of Topliss-reactive ketones (excluding diaryl/α,β-unsaturated/α-hetero) is 1. The van der Waals surface area contributed by atoms with Crippen LogP contribution in [-0.4, -0.2) is 23.1 Å². The number of benzene rings is 2. The molecule has 1 aliphatic heterocycles. The van der Waals surface area contributed by atoms with Gasteiger partial charge in [0.15, 0.2) is 5.78 Å². The minimum atomic E-state index is -0.491. The van der Waals surface area contributed by atoms with Crippen molar-refractivity contribution < 1.29 is 14.3 Å². The van der Waals surface area contributed by atoms with Crippen LogP contribution < -0.4 is 5.73 Å². The summed E-state index contributed by atoms with van der Waals surface area (Å²) in [6, 6.07) is 18.6. The van der Waals surface area contributed by atoms with Crippen LogP contribution in [0.1, 0.15) is 35.7 Å². The van der Waals surface area contributed by atoms with E-state index in [4.69, 9.17) is 10.5 Å². The molecule has 3 rings (SSSR count). The molecule has 0 fully saturated rings. The molecule has 4 nitrogen and oxygen atoms in total. The maximum atomic E-state index is 13.1. The van der Waals surface area contributed by atoms with E-state index < -0.39 is 17.1 Å². The SMILES string of the molecule is CC(C)OC(=O)C1=C(N)S[C@@H](C(=O)c2ccccc2)[C@H]1c1ccccc1. The second-order valence-corrected chi connectivity index (χ2v) is 7.57. The van der Waals surface area contributed by atoms with E-state index in [0.29, 0.717) is 16.2 Å². The number of ketones is 1. The molecule has 2 aromatic rings. The van der Waals surface area contributed by atoms with Gasteiger partial charge in [-0.15, -0.1) is 0 Å². The van der Waals surface area contributed by atoms with E-state index in [1.54, 1.807) is 26.0 Å². The van der Waals surface area contributed by atoms with Crippen LogP contribution in [0.25, 0.3) is 0 Å². The molecule has 0 radical (unpaired) electrons. The first-order valence-electron chi connectivity index (χ1n) is 8.50. The van der Waals surface area contributed by atoms with Gasteiger partial charge in [0.1, 0.15) is 0 Å². The van der Waals surface area contributed by atoms with Gasteiger partial charge in [0.25, 0.3) is 0 Å². The normalized spacial score (nSPS) is 19.7. The molecular formula is C21H21NO3S. The molecule has 1 heterocycles. The van der Waals surface area contributed by atoms with Gasteiger partial charge in [0.05, 0.1) is 22.0 Å². The van der Waals surface area contributed by atoms with Crippen LogP contribution >= 0.6 is 11.8 Å². The zero-order chi connectivity index (χ0) is 18.7. The number of hydrogen-bond acceptors (Lipinski definition) is 5. The molecule has 0 saturated carbocycles. The molecule has 5 heteroatoms. The lowest BCUT2D eigenvalue weighted by Crippen LogP contribution is -2.27. The highest BCUT2D eigenvalue weighted by molar-refractivity contribution is 8.04. The van der Waals surface area contributed by atoms with Crippen molar-refractivity contribution in [2.24, 2.45) is 5.73 Å². The molecule has 0 spiro atoms. The number of rotatable bonds is 5. The van der Waals surface area contributed by atoms with Gasteiger partial charge in [0.2, 0.25) is 0 Å². The number of ether oxygens (including phenoxy) is 1. The fourth-order valence-corrected chi connectivity index (χ4v) is 4.33. The maximum absolute atomic E-state index is 13.1. The third-order valence-corrected chi connectivity index (χ3v) is 5.39. The van der Waals surface area contributed by atoms with E-state index in [0.717, 1.165) is 5.56 Å². The van der Waals surface area contributed by atoms with Gasteiger partial charge in [-0.05, 0) is 19.4 Å². The van der Waals surface area contributed by atoms with Gasteiger partial charge in [0, 0.05) is 11.5 Å². The first kappa shape index (κ1) is 18.3. The predicted octanol–water partition coefficient (Wildman–Crippen LogP) is 3.89. The molecular weight excluding hydrogens is 346 g/mol. The largest absolute Gasteiger partial charge is 0.460 e. The summed E-state index contributed by atoms with van der Waals surface area (Å²) in [5.74, 6) is -0.929. The highest BCUT2D eigenvalue weighted by Gasteiger charge is 2.44. The average Bonchev–Trinajstić information content (AvgIpc) is 2.99. The Bertz CT molecular complexity index is 831. The zero-order valence-corrected chi connectivity index (χ0v) is 15.5. The summed E-state index contributed by atoms with van der Waals surface area (Å²) in [6.45, 7) is 3.59.